The molecule has 2 aromatic heterocycles. The van der Waals surface area contributed by atoms with Crippen LogP contribution in [0, 0.1) is 6.92 Å². The van der Waals surface area contributed by atoms with Crippen molar-refractivity contribution in [1.29, 1.82) is 0 Å². The number of hydrogen-bond acceptors (Lipinski definition) is 9. The van der Waals surface area contributed by atoms with Crippen molar-refractivity contribution in [2.24, 2.45) is 0 Å². The average Bonchev–Trinajstić information content (AvgIpc) is 3.03. The number of ether oxygens (including phenoxy) is 1. The molecule has 0 saturated carbocycles. The number of aryl methyl sites for hydroxylation is 1. The molecule has 28 heavy (non-hydrogen) atoms. The molecule has 0 radical (unpaired) electrons. The number of nitrogens with two attached hydrogens (primary N) is 1. The van der Waals surface area contributed by atoms with Crippen LogP contribution >= 0.6 is 11.3 Å². The second kappa shape index (κ2) is 9.99. The van der Waals surface area contributed by atoms with Crippen molar-refractivity contribution in [3.63, 3.8) is 0 Å². The van der Waals surface area contributed by atoms with Gasteiger partial charge in [-0.15, -0.1) is 10.2 Å². The van der Waals surface area contributed by atoms with Gasteiger partial charge in [-0.3, -0.25) is 24.5 Å². The van der Waals surface area contributed by atoms with Crippen molar-refractivity contribution >= 4 is 33.9 Å². The molecule has 0 aliphatic rings. The zero-order valence-corrected chi connectivity index (χ0v) is 17.0. The lowest BCUT2D eigenvalue weighted by atomic mass is 10.3. The summed E-state index contributed by atoms with van der Waals surface area (Å²) in [6.07, 6.45) is 1.59. The van der Waals surface area contributed by atoms with E-state index in [1.165, 1.54) is 27.9 Å². The SMILES string of the molecule is CCCCn1c(N)c(N(CCOC)CC(=O)Nc2nnc(C)s2)c(=O)[nH]c1=O. The summed E-state index contributed by atoms with van der Waals surface area (Å²) in [5.41, 5.74) is 4.99. The number of nitrogens with one attached hydrogen (secondary N) is 2. The van der Waals surface area contributed by atoms with Gasteiger partial charge in [-0.1, -0.05) is 24.7 Å². The van der Waals surface area contributed by atoms with Crippen LogP contribution in [0.1, 0.15) is 24.8 Å². The van der Waals surface area contributed by atoms with Crippen molar-refractivity contribution in [3.05, 3.63) is 25.8 Å². The number of anilines is 3. The Balaban J connectivity index is 2.32. The van der Waals surface area contributed by atoms with E-state index in [2.05, 4.69) is 20.5 Å². The highest BCUT2D eigenvalue weighted by atomic mass is 32.1. The van der Waals surface area contributed by atoms with Gasteiger partial charge in [-0.2, -0.15) is 0 Å². The number of nitrogens with zero attached hydrogens (tertiary/aromatic N) is 4. The van der Waals surface area contributed by atoms with Crippen LogP contribution in [0.25, 0.3) is 0 Å². The third-order valence-electron chi connectivity index (χ3n) is 3.94. The zero-order valence-electron chi connectivity index (χ0n) is 16.2. The van der Waals surface area contributed by atoms with Gasteiger partial charge in [0.15, 0.2) is 0 Å². The van der Waals surface area contributed by atoms with Crippen LogP contribution in [0.15, 0.2) is 9.59 Å². The molecule has 2 heterocycles. The summed E-state index contributed by atoms with van der Waals surface area (Å²) in [5, 5.41) is 11.4. The number of carbonyl (C=O) groups excluding carboxylic acids is 1. The molecular weight excluding hydrogens is 386 g/mol. The predicted molar refractivity (Wildman–Crippen MR) is 108 cm³/mol. The van der Waals surface area contributed by atoms with E-state index in [1.807, 2.05) is 6.92 Å². The highest BCUT2D eigenvalue weighted by molar-refractivity contribution is 7.15. The summed E-state index contributed by atoms with van der Waals surface area (Å²) < 4.78 is 6.39. The number of aromatic nitrogens is 4. The van der Waals surface area contributed by atoms with E-state index < -0.39 is 17.2 Å². The number of H-pyrrole nitrogens is 1. The van der Waals surface area contributed by atoms with Crippen LogP contribution < -0.4 is 27.2 Å². The fourth-order valence-electron chi connectivity index (χ4n) is 2.57. The fraction of sp³-hybridized carbons (Fsp3) is 0.562. The quantitative estimate of drug-likeness (QED) is 0.501. The van der Waals surface area contributed by atoms with Gasteiger partial charge in [0.25, 0.3) is 5.56 Å². The summed E-state index contributed by atoms with van der Waals surface area (Å²) in [6.45, 7) is 4.47. The molecule has 2 aromatic rings. The average molecular weight is 411 g/mol. The molecule has 4 N–H and O–H groups in total. The maximum Gasteiger partial charge on any atom is 0.330 e. The number of hydrogen-bond donors (Lipinski definition) is 3. The first-order chi connectivity index (χ1) is 13.4. The Morgan fingerprint density at radius 1 is 1.39 bits per heavy atom. The minimum Gasteiger partial charge on any atom is -0.383 e. The van der Waals surface area contributed by atoms with Gasteiger partial charge >= 0.3 is 5.69 Å². The lowest BCUT2D eigenvalue weighted by Gasteiger charge is -2.25. The molecule has 154 valence electrons. The van der Waals surface area contributed by atoms with Gasteiger partial charge in [0.05, 0.1) is 13.2 Å². The van der Waals surface area contributed by atoms with Crippen LogP contribution in [0.2, 0.25) is 0 Å². The second-order valence-electron chi connectivity index (χ2n) is 6.09. The first kappa shape index (κ1) is 21.6. The van der Waals surface area contributed by atoms with Crippen LogP contribution in [-0.4, -0.2) is 52.5 Å². The highest BCUT2D eigenvalue weighted by Crippen LogP contribution is 2.18. The van der Waals surface area contributed by atoms with Crippen molar-refractivity contribution in [3.8, 4) is 0 Å². The summed E-state index contributed by atoms with van der Waals surface area (Å²) >= 11 is 1.24. The monoisotopic (exact) mass is 411 g/mol. The lowest BCUT2D eigenvalue weighted by Crippen LogP contribution is -2.42. The Morgan fingerprint density at radius 2 is 2.14 bits per heavy atom. The molecule has 0 aliphatic heterocycles. The number of nitrogen functional groups attached to an aromatic ring is 1. The third kappa shape index (κ3) is 5.39. The molecular formula is C16H25N7O4S. The molecule has 0 spiro atoms. The van der Waals surface area contributed by atoms with Gasteiger partial charge < -0.3 is 15.4 Å². The van der Waals surface area contributed by atoms with E-state index in [1.54, 1.807) is 6.92 Å². The summed E-state index contributed by atoms with van der Waals surface area (Å²) in [4.78, 5) is 40.8. The molecule has 0 bridgehead atoms. The molecule has 0 unspecified atom stereocenters. The minimum absolute atomic E-state index is 0.0258. The van der Waals surface area contributed by atoms with E-state index >= 15 is 0 Å². The standard InChI is InChI=1S/C16H25N7O4S/c1-4-5-6-23-13(17)12(14(25)19-16(23)26)22(7-8-27-3)9-11(24)18-15-21-20-10(2)28-15/h4-9,17H2,1-3H3,(H,18,21,24)(H,19,25,26). The van der Waals surface area contributed by atoms with Gasteiger partial charge in [0, 0.05) is 20.2 Å². The molecule has 0 aliphatic carbocycles. The Kier molecular flexibility index (Phi) is 7.70. The van der Waals surface area contributed by atoms with Crippen LogP contribution in [0.3, 0.4) is 0 Å². The number of rotatable bonds is 10. The lowest BCUT2D eigenvalue weighted by molar-refractivity contribution is -0.115. The summed E-state index contributed by atoms with van der Waals surface area (Å²) in [5.74, 6) is -0.366. The molecule has 0 aromatic carbocycles. The van der Waals surface area contributed by atoms with Crippen molar-refractivity contribution in [2.75, 3.05) is 42.8 Å². The van der Waals surface area contributed by atoms with Crippen LogP contribution in [-0.2, 0) is 16.1 Å². The molecule has 11 nitrogen and oxygen atoms in total. The van der Waals surface area contributed by atoms with Crippen molar-refractivity contribution < 1.29 is 9.53 Å². The predicted octanol–water partition coefficient (Wildman–Crippen LogP) is 0.170. The summed E-state index contributed by atoms with van der Waals surface area (Å²) in [6, 6.07) is 0. The Morgan fingerprint density at radius 3 is 2.75 bits per heavy atom. The van der Waals surface area contributed by atoms with E-state index in [9.17, 15) is 14.4 Å². The maximum absolute atomic E-state index is 12.5. The van der Waals surface area contributed by atoms with Crippen molar-refractivity contribution in [2.45, 2.75) is 33.2 Å². The second-order valence-corrected chi connectivity index (χ2v) is 7.27. The first-order valence-corrected chi connectivity index (χ1v) is 9.65. The van der Waals surface area contributed by atoms with Gasteiger partial charge in [-0.25, -0.2) is 4.79 Å². The van der Waals surface area contributed by atoms with Crippen LogP contribution in [0.5, 0.6) is 0 Å². The molecule has 12 heteroatoms. The number of carbonyl (C=O) groups is 1. The minimum atomic E-state index is -0.647. The number of methoxy groups -OCH3 is 1. The van der Waals surface area contributed by atoms with E-state index in [-0.39, 0.29) is 31.2 Å². The zero-order chi connectivity index (χ0) is 20.7. The third-order valence-corrected chi connectivity index (χ3v) is 4.69. The van der Waals surface area contributed by atoms with E-state index in [4.69, 9.17) is 10.5 Å². The molecule has 2 rings (SSSR count). The van der Waals surface area contributed by atoms with Gasteiger partial charge in [0.1, 0.15) is 16.5 Å². The van der Waals surface area contributed by atoms with Gasteiger partial charge in [0.2, 0.25) is 11.0 Å². The smallest absolute Gasteiger partial charge is 0.330 e. The summed E-state index contributed by atoms with van der Waals surface area (Å²) in [7, 11) is 1.51. The molecule has 0 fully saturated rings. The fourth-order valence-corrected chi connectivity index (χ4v) is 3.18. The first-order valence-electron chi connectivity index (χ1n) is 8.83. The number of unbranched alkanes of at least 4 members (excludes halogenated alkanes) is 1. The normalized spacial score (nSPS) is 10.8. The molecule has 0 saturated heterocycles. The van der Waals surface area contributed by atoms with E-state index in [0.717, 1.165) is 17.8 Å². The number of amides is 1. The number of aromatic amines is 1. The molecule has 1 amide bonds. The van der Waals surface area contributed by atoms with Gasteiger partial charge in [-0.05, 0) is 13.3 Å². The molecule has 0 atom stereocenters. The topological polar surface area (TPSA) is 148 Å². The van der Waals surface area contributed by atoms with E-state index in [0.29, 0.717) is 11.7 Å². The Hall–Kier alpha value is -2.73. The Bertz CT molecular complexity index is 920. The maximum atomic E-state index is 12.5. The van der Waals surface area contributed by atoms with Crippen molar-refractivity contribution in [1.82, 2.24) is 19.7 Å². The Labute approximate surface area is 165 Å². The van der Waals surface area contributed by atoms with Crippen LogP contribution in [0.4, 0.5) is 16.6 Å². The largest absolute Gasteiger partial charge is 0.383 e. The highest BCUT2D eigenvalue weighted by Gasteiger charge is 2.21.